The first kappa shape index (κ1) is 29.5. The summed E-state index contributed by atoms with van der Waals surface area (Å²) in [6, 6.07) is 7.62. The van der Waals surface area contributed by atoms with Crippen LogP contribution in [0.15, 0.2) is 30.3 Å². The lowest BCUT2D eigenvalue weighted by atomic mass is 9.99. The zero-order valence-electron chi connectivity index (χ0n) is 21.3. The third-order valence-electron chi connectivity index (χ3n) is 5.01. The standard InChI is InChI=1S/C25H39N3O5S/c1-17(2)13-20(28(15-22(30)33-7)21(29)16-34-25(3,4)5)24(32)27-19(23(31)26-6)14-18-11-9-8-10-12-18/h8-12,17,19-20H,13-16H2,1-7H3,(H,26,31)(H,27,32)/t19-,20-/m0/s1. The van der Waals surface area contributed by atoms with Gasteiger partial charge >= 0.3 is 5.97 Å². The molecule has 0 unspecified atom stereocenters. The second kappa shape index (κ2) is 14.0. The molecule has 0 heterocycles. The lowest BCUT2D eigenvalue weighted by molar-refractivity contribution is -0.150. The lowest BCUT2D eigenvalue weighted by Gasteiger charge is -2.33. The van der Waals surface area contributed by atoms with Crippen molar-refractivity contribution in [2.24, 2.45) is 5.92 Å². The summed E-state index contributed by atoms with van der Waals surface area (Å²) >= 11 is 1.44. The number of hydrogen-bond donors (Lipinski definition) is 2. The molecular formula is C25H39N3O5S. The van der Waals surface area contributed by atoms with Crippen LogP contribution in [0.4, 0.5) is 0 Å². The van der Waals surface area contributed by atoms with E-state index in [9.17, 15) is 19.2 Å². The average molecular weight is 494 g/mol. The molecule has 2 atom stereocenters. The van der Waals surface area contributed by atoms with E-state index in [1.807, 2.05) is 65.0 Å². The van der Waals surface area contributed by atoms with Gasteiger partial charge in [0.1, 0.15) is 18.6 Å². The van der Waals surface area contributed by atoms with E-state index in [-0.39, 0.29) is 34.8 Å². The highest BCUT2D eigenvalue weighted by Crippen LogP contribution is 2.24. The Labute approximate surface area is 207 Å². The molecule has 1 aromatic carbocycles. The number of esters is 1. The zero-order valence-corrected chi connectivity index (χ0v) is 22.2. The second-order valence-corrected chi connectivity index (χ2v) is 11.3. The molecular weight excluding hydrogens is 454 g/mol. The van der Waals surface area contributed by atoms with Crippen LogP contribution in [0.1, 0.15) is 46.6 Å². The number of nitrogens with zero attached hydrogens (tertiary/aromatic N) is 1. The molecule has 0 spiro atoms. The van der Waals surface area contributed by atoms with Crippen molar-refractivity contribution >= 4 is 35.5 Å². The van der Waals surface area contributed by atoms with E-state index in [2.05, 4.69) is 10.6 Å². The van der Waals surface area contributed by atoms with Crippen molar-refractivity contribution in [2.75, 3.05) is 26.5 Å². The van der Waals surface area contributed by atoms with Gasteiger partial charge in [0, 0.05) is 18.2 Å². The Morgan fingerprint density at radius 2 is 1.68 bits per heavy atom. The van der Waals surface area contributed by atoms with Crippen LogP contribution in [0.2, 0.25) is 0 Å². The number of benzene rings is 1. The van der Waals surface area contributed by atoms with Gasteiger partial charge in [0.05, 0.1) is 12.9 Å². The van der Waals surface area contributed by atoms with Crippen molar-refractivity contribution in [3.05, 3.63) is 35.9 Å². The predicted octanol–water partition coefficient (Wildman–Crippen LogP) is 2.41. The summed E-state index contributed by atoms with van der Waals surface area (Å²) in [6.45, 7) is 9.51. The minimum atomic E-state index is -0.921. The molecule has 8 nitrogen and oxygen atoms in total. The van der Waals surface area contributed by atoms with E-state index in [0.717, 1.165) is 5.56 Å². The van der Waals surface area contributed by atoms with Crippen molar-refractivity contribution in [2.45, 2.75) is 64.3 Å². The molecule has 1 rings (SSSR count). The molecule has 190 valence electrons. The lowest BCUT2D eigenvalue weighted by Crippen LogP contribution is -2.57. The van der Waals surface area contributed by atoms with Crippen LogP contribution < -0.4 is 10.6 Å². The van der Waals surface area contributed by atoms with Crippen molar-refractivity contribution in [3.8, 4) is 0 Å². The number of likely N-dealkylation sites (N-methyl/N-ethyl adjacent to an activating group) is 1. The number of carbonyl (C=O) groups excluding carboxylic acids is 4. The van der Waals surface area contributed by atoms with Crippen LogP contribution in [-0.4, -0.2) is 71.9 Å². The van der Waals surface area contributed by atoms with Gasteiger partial charge in [-0.1, -0.05) is 65.0 Å². The number of amides is 3. The monoisotopic (exact) mass is 493 g/mol. The Hall–Kier alpha value is -2.55. The molecule has 0 aliphatic carbocycles. The van der Waals surface area contributed by atoms with E-state index in [4.69, 9.17) is 4.74 Å². The highest BCUT2D eigenvalue weighted by molar-refractivity contribution is 8.01. The first-order valence-corrected chi connectivity index (χ1v) is 12.4. The third kappa shape index (κ3) is 10.6. The van der Waals surface area contributed by atoms with Gasteiger partial charge in [0.25, 0.3) is 0 Å². The number of methoxy groups -OCH3 is 1. The van der Waals surface area contributed by atoms with Crippen LogP contribution in [0.25, 0.3) is 0 Å². The fourth-order valence-electron chi connectivity index (χ4n) is 3.26. The summed E-state index contributed by atoms with van der Waals surface area (Å²) in [4.78, 5) is 52.6. The Kier molecular flexibility index (Phi) is 12.1. The maximum absolute atomic E-state index is 13.5. The molecule has 3 amide bonds. The molecule has 34 heavy (non-hydrogen) atoms. The summed E-state index contributed by atoms with van der Waals surface area (Å²) in [6.07, 6.45) is 0.631. The quantitative estimate of drug-likeness (QED) is 0.433. The maximum Gasteiger partial charge on any atom is 0.325 e. The van der Waals surface area contributed by atoms with E-state index in [1.54, 1.807) is 0 Å². The largest absolute Gasteiger partial charge is 0.468 e. The van der Waals surface area contributed by atoms with E-state index >= 15 is 0 Å². The molecule has 0 fully saturated rings. The van der Waals surface area contributed by atoms with Crippen LogP contribution in [0.5, 0.6) is 0 Å². The zero-order chi connectivity index (χ0) is 25.9. The third-order valence-corrected chi connectivity index (χ3v) is 6.27. The number of ether oxygens (including phenoxy) is 1. The van der Waals surface area contributed by atoms with Gasteiger partial charge in [-0.2, -0.15) is 0 Å². The Balaban J connectivity index is 3.21. The Morgan fingerprint density at radius 3 is 2.18 bits per heavy atom. The maximum atomic E-state index is 13.5. The molecule has 2 N–H and O–H groups in total. The summed E-state index contributed by atoms with van der Waals surface area (Å²) in [7, 11) is 2.75. The first-order chi connectivity index (χ1) is 15.9. The topological polar surface area (TPSA) is 105 Å². The van der Waals surface area contributed by atoms with Gasteiger partial charge in [-0.3, -0.25) is 19.2 Å². The molecule has 1 aromatic rings. The van der Waals surface area contributed by atoms with E-state index in [0.29, 0.717) is 12.8 Å². The highest BCUT2D eigenvalue weighted by Gasteiger charge is 2.34. The minimum Gasteiger partial charge on any atom is -0.468 e. The molecule has 0 aromatic heterocycles. The molecule has 0 radical (unpaired) electrons. The molecule has 9 heteroatoms. The van der Waals surface area contributed by atoms with Gasteiger partial charge in [-0.05, 0) is 17.9 Å². The van der Waals surface area contributed by atoms with E-state index < -0.39 is 24.0 Å². The average Bonchev–Trinajstić information content (AvgIpc) is 2.78. The fourth-order valence-corrected chi connectivity index (χ4v) is 3.98. The fraction of sp³-hybridized carbons (Fsp3) is 0.600. The molecule has 0 saturated heterocycles. The van der Waals surface area contributed by atoms with Crippen molar-refractivity contribution in [1.82, 2.24) is 15.5 Å². The van der Waals surface area contributed by atoms with Crippen LogP contribution in [0.3, 0.4) is 0 Å². The van der Waals surface area contributed by atoms with Crippen molar-refractivity contribution < 1.29 is 23.9 Å². The molecule has 0 aliphatic rings. The summed E-state index contributed by atoms with van der Waals surface area (Å²) in [5, 5.41) is 5.41. The van der Waals surface area contributed by atoms with Crippen molar-refractivity contribution in [1.29, 1.82) is 0 Å². The Bertz CT molecular complexity index is 824. The second-order valence-electron chi connectivity index (χ2n) is 9.51. The number of thioether (sulfide) groups is 1. The first-order valence-electron chi connectivity index (χ1n) is 11.4. The van der Waals surface area contributed by atoms with E-state index in [1.165, 1.54) is 30.8 Å². The number of carbonyl (C=O) groups is 4. The van der Waals surface area contributed by atoms with Gasteiger partial charge in [0.2, 0.25) is 17.7 Å². The summed E-state index contributed by atoms with van der Waals surface area (Å²) in [5.41, 5.74) is 0.890. The summed E-state index contributed by atoms with van der Waals surface area (Å²) in [5.74, 6) is -1.57. The Morgan fingerprint density at radius 1 is 1.06 bits per heavy atom. The minimum absolute atomic E-state index is 0.0616. The van der Waals surface area contributed by atoms with Gasteiger partial charge in [-0.15, -0.1) is 11.8 Å². The normalized spacial score (nSPS) is 13.1. The number of rotatable bonds is 12. The van der Waals surface area contributed by atoms with Crippen LogP contribution >= 0.6 is 11.8 Å². The molecule has 0 bridgehead atoms. The van der Waals surface area contributed by atoms with Crippen LogP contribution in [0, 0.1) is 5.92 Å². The molecule has 0 aliphatic heterocycles. The smallest absolute Gasteiger partial charge is 0.325 e. The van der Waals surface area contributed by atoms with Crippen LogP contribution in [-0.2, 0) is 30.3 Å². The SMILES string of the molecule is CNC(=O)[C@H](Cc1ccccc1)NC(=O)[C@H](CC(C)C)N(CC(=O)OC)C(=O)CSC(C)(C)C. The number of nitrogens with one attached hydrogen (secondary N) is 2. The van der Waals surface area contributed by atoms with Crippen molar-refractivity contribution in [3.63, 3.8) is 0 Å². The highest BCUT2D eigenvalue weighted by atomic mass is 32.2. The van der Waals surface area contributed by atoms with Gasteiger partial charge < -0.3 is 20.3 Å². The van der Waals surface area contributed by atoms with Gasteiger partial charge in [0.15, 0.2) is 0 Å². The number of hydrogen-bond acceptors (Lipinski definition) is 6. The summed E-state index contributed by atoms with van der Waals surface area (Å²) < 4.78 is 4.63. The van der Waals surface area contributed by atoms with Gasteiger partial charge in [-0.25, -0.2) is 0 Å². The predicted molar refractivity (Wildman–Crippen MR) is 135 cm³/mol. The molecule has 0 saturated carbocycles.